The van der Waals surface area contributed by atoms with E-state index in [9.17, 15) is 21.6 Å². The van der Waals surface area contributed by atoms with Crippen LogP contribution in [0.1, 0.15) is 41.2 Å². The van der Waals surface area contributed by atoms with E-state index in [0.29, 0.717) is 28.5 Å². The fourth-order valence-corrected chi connectivity index (χ4v) is 4.41. The Morgan fingerprint density at radius 2 is 1.97 bits per heavy atom. The Balaban J connectivity index is 1.88. The van der Waals surface area contributed by atoms with Crippen molar-refractivity contribution in [3.05, 3.63) is 46.4 Å². The van der Waals surface area contributed by atoms with Crippen LogP contribution in [0.15, 0.2) is 18.2 Å². The Hall–Kier alpha value is -2.48. The minimum Gasteiger partial charge on any atom is -0.399 e. The normalized spacial score (nSPS) is 15.7. The van der Waals surface area contributed by atoms with Gasteiger partial charge in [0.1, 0.15) is 11.6 Å². The van der Waals surface area contributed by atoms with Gasteiger partial charge in [0.15, 0.2) is 0 Å². The van der Waals surface area contributed by atoms with Crippen molar-refractivity contribution in [1.29, 1.82) is 0 Å². The molecule has 0 unspecified atom stereocenters. The van der Waals surface area contributed by atoms with Crippen LogP contribution in [0, 0.1) is 6.92 Å². The Kier molecular flexibility index (Phi) is 6.41. The van der Waals surface area contributed by atoms with E-state index in [0.717, 1.165) is 16.4 Å². The number of fused-ring (bicyclic) bond motifs is 1. The highest BCUT2D eigenvalue weighted by molar-refractivity contribution is 7.87. The number of aryl methyl sites for hydroxylation is 1. The van der Waals surface area contributed by atoms with Gasteiger partial charge in [0, 0.05) is 24.3 Å². The molecule has 1 aromatic carbocycles. The fourth-order valence-electron chi connectivity index (χ4n) is 3.28. The van der Waals surface area contributed by atoms with E-state index in [-0.39, 0.29) is 31.9 Å². The first kappa shape index (κ1) is 23.2. The molecule has 0 aliphatic carbocycles. The summed E-state index contributed by atoms with van der Waals surface area (Å²) in [6, 6.07) is 2.72. The summed E-state index contributed by atoms with van der Waals surface area (Å²) in [5.74, 6) is 0.727. The SMILES string of the molecule is Cc1nc2c(c(N[C@H](C)c3cc(N)cc(C(F)(F)F)c3)n1)CN(S(=O)(=O)NCCO)C2. The molecule has 0 saturated carbocycles. The third kappa shape index (κ3) is 5.23. The van der Waals surface area contributed by atoms with Gasteiger partial charge in [0.05, 0.1) is 30.5 Å². The number of hydrogen-bond donors (Lipinski definition) is 4. The van der Waals surface area contributed by atoms with Gasteiger partial charge >= 0.3 is 6.18 Å². The number of nitrogens with one attached hydrogen (secondary N) is 2. The molecule has 2 aromatic rings. The second-order valence-corrected chi connectivity index (χ2v) is 8.94. The summed E-state index contributed by atoms with van der Waals surface area (Å²) in [4.78, 5) is 8.62. The highest BCUT2D eigenvalue weighted by Crippen LogP contribution is 2.34. The summed E-state index contributed by atoms with van der Waals surface area (Å²) in [6.07, 6.45) is -4.53. The van der Waals surface area contributed by atoms with Crippen LogP contribution >= 0.6 is 0 Å². The summed E-state index contributed by atoms with van der Waals surface area (Å²) < 4.78 is 67.6. The molecule has 0 spiro atoms. The van der Waals surface area contributed by atoms with Crippen molar-refractivity contribution in [2.45, 2.75) is 39.2 Å². The van der Waals surface area contributed by atoms with Gasteiger partial charge in [-0.05, 0) is 37.6 Å². The predicted octanol–water partition coefficient (Wildman–Crippen LogP) is 1.70. The topological polar surface area (TPSA) is 133 Å². The lowest BCUT2D eigenvalue weighted by Gasteiger charge is -2.19. The lowest BCUT2D eigenvalue weighted by molar-refractivity contribution is -0.137. The zero-order chi connectivity index (χ0) is 23.0. The number of aromatic nitrogens is 2. The standard InChI is InChI=1S/C18H23F3N6O3S/c1-10(12-5-13(18(19,20)21)7-14(22)6-12)24-17-15-8-27(31(29,30)23-3-4-28)9-16(15)25-11(2)26-17/h5-7,10,23,28H,3-4,8-9,22H2,1-2H3,(H,24,25,26)/t10-/m1/s1. The number of rotatable bonds is 7. The maximum absolute atomic E-state index is 13.1. The van der Waals surface area contributed by atoms with E-state index in [1.54, 1.807) is 13.8 Å². The highest BCUT2D eigenvalue weighted by Gasteiger charge is 2.34. The van der Waals surface area contributed by atoms with Crippen molar-refractivity contribution in [3.8, 4) is 0 Å². The van der Waals surface area contributed by atoms with Crippen molar-refractivity contribution in [2.75, 3.05) is 24.2 Å². The molecular weight excluding hydrogens is 437 g/mol. The zero-order valence-corrected chi connectivity index (χ0v) is 17.7. The largest absolute Gasteiger partial charge is 0.416 e. The van der Waals surface area contributed by atoms with Crippen LogP contribution in [0.2, 0.25) is 0 Å². The Labute approximate surface area is 177 Å². The summed E-state index contributed by atoms with van der Waals surface area (Å²) in [7, 11) is -3.84. The van der Waals surface area contributed by atoms with Gasteiger partial charge in [0.25, 0.3) is 10.2 Å². The first-order valence-electron chi connectivity index (χ1n) is 9.37. The molecule has 170 valence electrons. The van der Waals surface area contributed by atoms with Crippen molar-refractivity contribution in [1.82, 2.24) is 19.0 Å². The summed E-state index contributed by atoms with van der Waals surface area (Å²) in [5.41, 5.74) is 6.13. The second kappa shape index (κ2) is 8.57. The maximum atomic E-state index is 13.1. The Morgan fingerprint density at radius 3 is 2.61 bits per heavy atom. The van der Waals surface area contributed by atoms with Gasteiger partial charge in [-0.15, -0.1) is 0 Å². The molecule has 0 radical (unpaired) electrons. The number of nitrogens with two attached hydrogens (primary N) is 1. The van der Waals surface area contributed by atoms with E-state index < -0.39 is 28.0 Å². The van der Waals surface area contributed by atoms with Crippen molar-refractivity contribution < 1.29 is 26.7 Å². The van der Waals surface area contributed by atoms with Crippen LogP contribution in [0.3, 0.4) is 0 Å². The number of aliphatic hydroxyl groups is 1. The Morgan fingerprint density at radius 1 is 1.26 bits per heavy atom. The molecule has 3 rings (SSSR count). The van der Waals surface area contributed by atoms with Crippen LogP contribution in [0.5, 0.6) is 0 Å². The third-order valence-electron chi connectivity index (χ3n) is 4.76. The lowest BCUT2D eigenvalue weighted by Crippen LogP contribution is -2.38. The number of aliphatic hydroxyl groups excluding tert-OH is 1. The number of halogens is 3. The van der Waals surface area contributed by atoms with E-state index in [4.69, 9.17) is 10.8 Å². The van der Waals surface area contributed by atoms with E-state index in [1.807, 2.05) is 0 Å². The highest BCUT2D eigenvalue weighted by atomic mass is 32.2. The quantitative estimate of drug-likeness (QED) is 0.462. The minimum atomic E-state index is -4.53. The molecule has 1 aliphatic rings. The van der Waals surface area contributed by atoms with E-state index in [2.05, 4.69) is 20.0 Å². The monoisotopic (exact) mass is 460 g/mol. The van der Waals surface area contributed by atoms with E-state index >= 15 is 0 Å². The van der Waals surface area contributed by atoms with Gasteiger partial charge in [0.2, 0.25) is 0 Å². The first-order valence-corrected chi connectivity index (χ1v) is 10.8. The molecule has 0 bridgehead atoms. The van der Waals surface area contributed by atoms with Crippen molar-refractivity contribution >= 4 is 21.7 Å². The third-order valence-corrected chi connectivity index (χ3v) is 6.27. The molecule has 1 atom stereocenters. The van der Waals surface area contributed by atoms with Crippen LogP contribution < -0.4 is 15.8 Å². The molecule has 2 heterocycles. The number of alkyl halides is 3. The van der Waals surface area contributed by atoms with Crippen LogP contribution in [0.25, 0.3) is 0 Å². The van der Waals surface area contributed by atoms with Crippen LogP contribution in [-0.4, -0.2) is 40.9 Å². The predicted molar refractivity (Wildman–Crippen MR) is 108 cm³/mol. The van der Waals surface area contributed by atoms with Gasteiger partial charge in [-0.1, -0.05) is 0 Å². The van der Waals surface area contributed by atoms with E-state index in [1.165, 1.54) is 6.07 Å². The average molecular weight is 460 g/mol. The summed E-state index contributed by atoms with van der Waals surface area (Å²) >= 11 is 0. The minimum absolute atomic E-state index is 0.0129. The number of nitrogen functional groups attached to an aromatic ring is 1. The summed E-state index contributed by atoms with van der Waals surface area (Å²) in [5, 5.41) is 11.9. The van der Waals surface area contributed by atoms with Crippen molar-refractivity contribution in [3.63, 3.8) is 0 Å². The number of benzene rings is 1. The summed E-state index contributed by atoms with van der Waals surface area (Å²) in [6.45, 7) is 2.82. The zero-order valence-electron chi connectivity index (χ0n) is 16.9. The lowest BCUT2D eigenvalue weighted by atomic mass is 10.0. The second-order valence-electron chi connectivity index (χ2n) is 7.19. The van der Waals surface area contributed by atoms with Crippen molar-refractivity contribution in [2.24, 2.45) is 0 Å². The average Bonchev–Trinajstić information content (AvgIpc) is 3.10. The molecule has 0 saturated heterocycles. The molecule has 0 amide bonds. The van der Waals surface area contributed by atoms with Gasteiger partial charge < -0.3 is 16.2 Å². The van der Waals surface area contributed by atoms with Gasteiger partial charge in [-0.3, -0.25) is 0 Å². The maximum Gasteiger partial charge on any atom is 0.416 e. The molecule has 1 aliphatic heterocycles. The number of hydrogen-bond acceptors (Lipinski definition) is 7. The molecule has 13 heteroatoms. The molecule has 31 heavy (non-hydrogen) atoms. The number of nitrogens with zero attached hydrogens (tertiary/aromatic N) is 3. The molecule has 5 N–H and O–H groups in total. The van der Waals surface area contributed by atoms with Gasteiger partial charge in [-0.25, -0.2) is 9.97 Å². The Bertz CT molecular complexity index is 1080. The molecule has 9 nitrogen and oxygen atoms in total. The smallest absolute Gasteiger partial charge is 0.399 e. The number of anilines is 2. The molecule has 0 fully saturated rings. The van der Waals surface area contributed by atoms with Crippen LogP contribution in [-0.2, 0) is 29.5 Å². The molecule has 1 aromatic heterocycles. The fraction of sp³-hybridized carbons (Fsp3) is 0.444. The molecular formula is C18H23F3N6O3S. The van der Waals surface area contributed by atoms with Gasteiger partial charge in [-0.2, -0.15) is 30.6 Å². The first-order chi connectivity index (χ1) is 14.4. The van der Waals surface area contributed by atoms with Crippen LogP contribution in [0.4, 0.5) is 24.7 Å².